The number of hydrogen-bond donors (Lipinski definition) is 0. The molecule has 0 saturated carbocycles. The van der Waals surface area contributed by atoms with Crippen LogP contribution in [0.15, 0.2) is 30.3 Å². The molecule has 16 heavy (non-hydrogen) atoms. The Balaban J connectivity index is 1.85. The zero-order chi connectivity index (χ0) is 11.2. The smallest absolute Gasteiger partial charge is 0.0702 e. The standard InChI is InChI=1S/C14H21NO/c1-2-16-14-9-6-10-15(12-14)11-13-7-4-3-5-8-13/h3-5,7-8,14H,2,6,9-12H2,1H3. The van der Waals surface area contributed by atoms with E-state index in [0.717, 1.165) is 19.7 Å². The van der Waals surface area contributed by atoms with E-state index in [0.29, 0.717) is 6.10 Å². The van der Waals surface area contributed by atoms with Crippen LogP contribution in [0.5, 0.6) is 0 Å². The molecule has 1 aromatic carbocycles. The van der Waals surface area contributed by atoms with Gasteiger partial charge in [-0.1, -0.05) is 30.3 Å². The van der Waals surface area contributed by atoms with E-state index < -0.39 is 0 Å². The lowest BCUT2D eigenvalue weighted by molar-refractivity contribution is 0.00363. The van der Waals surface area contributed by atoms with Gasteiger partial charge in [-0.3, -0.25) is 4.90 Å². The second kappa shape index (κ2) is 6.02. The Morgan fingerprint density at radius 3 is 2.88 bits per heavy atom. The van der Waals surface area contributed by atoms with Gasteiger partial charge in [-0.25, -0.2) is 0 Å². The monoisotopic (exact) mass is 219 g/mol. The molecule has 0 bridgehead atoms. The maximum atomic E-state index is 5.71. The molecule has 0 amide bonds. The summed E-state index contributed by atoms with van der Waals surface area (Å²) in [7, 11) is 0. The van der Waals surface area contributed by atoms with Gasteiger partial charge in [0, 0.05) is 19.7 Å². The first-order valence-electron chi connectivity index (χ1n) is 6.26. The lowest BCUT2D eigenvalue weighted by atomic mass is 10.1. The molecule has 0 aliphatic carbocycles. The summed E-state index contributed by atoms with van der Waals surface area (Å²) >= 11 is 0. The van der Waals surface area contributed by atoms with Crippen LogP contribution in [0.2, 0.25) is 0 Å². The van der Waals surface area contributed by atoms with Crippen LogP contribution in [0.25, 0.3) is 0 Å². The van der Waals surface area contributed by atoms with E-state index in [4.69, 9.17) is 4.74 Å². The minimum absolute atomic E-state index is 0.447. The zero-order valence-electron chi connectivity index (χ0n) is 10.1. The molecule has 1 heterocycles. The van der Waals surface area contributed by atoms with Crippen molar-refractivity contribution in [2.45, 2.75) is 32.4 Å². The van der Waals surface area contributed by atoms with Crippen molar-refractivity contribution in [2.75, 3.05) is 19.7 Å². The van der Waals surface area contributed by atoms with E-state index in [-0.39, 0.29) is 0 Å². The van der Waals surface area contributed by atoms with Crippen molar-refractivity contribution in [3.8, 4) is 0 Å². The van der Waals surface area contributed by atoms with Crippen molar-refractivity contribution >= 4 is 0 Å². The molecule has 0 aromatic heterocycles. The third-order valence-corrected chi connectivity index (χ3v) is 3.11. The lowest BCUT2D eigenvalue weighted by Crippen LogP contribution is -2.39. The highest BCUT2D eigenvalue weighted by molar-refractivity contribution is 5.14. The van der Waals surface area contributed by atoms with Crippen LogP contribution in [0.3, 0.4) is 0 Å². The normalized spacial score (nSPS) is 22.2. The summed E-state index contributed by atoms with van der Waals surface area (Å²) in [6.45, 7) is 6.27. The third kappa shape index (κ3) is 3.32. The van der Waals surface area contributed by atoms with Gasteiger partial charge in [0.1, 0.15) is 0 Å². The van der Waals surface area contributed by atoms with Crippen LogP contribution in [0, 0.1) is 0 Å². The Morgan fingerprint density at radius 1 is 1.31 bits per heavy atom. The average Bonchev–Trinajstić information content (AvgIpc) is 2.31. The van der Waals surface area contributed by atoms with Gasteiger partial charge in [-0.05, 0) is 31.9 Å². The van der Waals surface area contributed by atoms with Crippen molar-refractivity contribution in [1.29, 1.82) is 0 Å². The molecule has 0 spiro atoms. The zero-order valence-corrected chi connectivity index (χ0v) is 10.1. The van der Waals surface area contributed by atoms with E-state index >= 15 is 0 Å². The molecule has 1 saturated heterocycles. The minimum atomic E-state index is 0.447. The highest BCUT2D eigenvalue weighted by Gasteiger charge is 2.19. The second-order valence-electron chi connectivity index (χ2n) is 4.44. The summed E-state index contributed by atoms with van der Waals surface area (Å²) in [5.41, 5.74) is 1.40. The Morgan fingerprint density at radius 2 is 2.12 bits per heavy atom. The molecule has 1 aromatic rings. The van der Waals surface area contributed by atoms with Gasteiger partial charge >= 0.3 is 0 Å². The first-order valence-corrected chi connectivity index (χ1v) is 6.26. The molecule has 2 nitrogen and oxygen atoms in total. The van der Waals surface area contributed by atoms with E-state index in [2.05, 4.69) is 42.2 Å². The SMILES string of the molecule is CCOC1CCCN(Cc2ccccc2)C1. The van der Waals surface area contributed by atoms with Crippen molar-refractivity contribution in [1.82, 2.24) is 4.90 Å². The molecule has 2 heteroatoms. The number of ether oxygens (including phenoxy) is 1. The first-order chi connectivity index (χ1) is 7.88. The van der Waals surface area contributed by atoms with Crippen LogP contribution < -0.4 is 0 Å². The maximum absolute atomic E-state index is 5.71. The highest BCUT2D eigenvalue weighted by Crippen LogP contribution is 2.15. The average molecular weight is 219 g/mol. The van der Waals surface area contributed by atoms with Gasteiger partial charge in [0.2, 0.25) is 0 Å². The molecule has 1 unspecified atom stereocenters. The van der Waals surface area contributed by atoms with Crippen molar-refractivity contribution in [3.05, 3.63) is 35.9 Å². The fourth-order valence-electron chi connectivity index (χ4n) is 2.37. The van der Waals surface area contributed by atoms with Crippen molar-refractivity contribution in [2.24, 2.45) is 0 Å². The van der Waals surface area contributed by atoms with E-state index in [1.165, 1.54) is 24.9 Å². The van der Waals surface area contributed by atoms with Gasteiger partial charge in [0.05, 0.1) is 6.10 Å². The molecule has 1 aliphatic rings. The predicted octanol–water partition coefficient (Wildman–Crippen LogP) is 2.69. The number of likely N-dealkylation sites (tertiary alicyclic amines) is 1. The number of hydrogen-bond acceptors (Lipinski definition) is 2. The maximum Gasteiger partial charge on any atom is 0.0702 e. The number of rotatable bonds is 4. The van der Waals surface area contributed by atoms with Gasteiger partial charge in [-0.15, -0.1) is 0 Å². The molecular formula is C14H21NO. The molecule has 1 atom stereocenters. The van der Waals surface area contributed by atoms with Crippen LogP contribution in [-0.4, -0.2) is 30.7 Å². The van der Waals surface area contributed by atoms with Gasteiger partial charge in [0.25, 0.3) is 0 Å². The molecule has 88 valence electrons. The van der Waals surface area contributed by atoms with Gasteiger partial charge in [0.15, 0.2) is 0 Å². The third-order valence-electron chi connectivity index (χ3n) is 3.11. The second-order valence-corrected chi connectivity index (χ2v) is 4.44. The topological polar surface area (TPSA) is 12.5 Å². The summed E-state index contributed by atoms with van der Waals surface area (Å²) in [4.78, 5) is 2.50. The molecular weight excluding hydrogens is 198 g/mol. The summed E-state index contributed by atoms with van der Waals surface area (Å²) < 4.78 is 5.71. The quantitative estimate of drug-likeness (QED) is 0.772. The Kier molecular flexibility index (Phi) is 4.37. The summed E-state index contributed by atoms with van der Waals surface area (Å²) in [5, 5.41) is 0. The molecule has 0 N–H and O–H groups in total. The molecule has 0 radical (unpaired) electrons. The first kappa shape index (κ1) is 11.6. The summed E-state index contributed by atoms with van der Waals surface area (Å²) in [5.74, 6) is 0. The Labute approximate surface area is 98.2 Å². The van der Waals surface area contributed by atoms with Gasteiger partial charge in [-0.2, -0.15) is 0 Å². The molecule has 1 fully saturated rings. The van der Waals surface area contributed by atoms with Gasteiger partial charge < -0.3 is 4.74 Å². The van der Waals surface area contributed by atoms with Crippen LogP contribution in [-0.2, 0) is 11.3 Å². The molecule has 1 aliphatic heterocycles. The number of piperidine rings is 1. The van der Waals surface area contributed by atoms with Crippen molar-refractivity contribution < 1.29 is 4.74 Å². The summed E-state index contributed by atoms with van der Waals surface area (Å²) in [6, 6.07) is 10.7. The summed E-state index contributed by atoms with van der Waals surface area (Å²) in [6.07, 6.45) is 2.93. The number of benzene rings is 1. The van der Waals surface area contributed by atoms with Crippen molar-refractivity contribution in [3.63, 3.8) is 0 Å². The van der Waals surface area contributed by atoms with Crippen LogP contribution >= 0.6 is 0 Å². The van der Waals surface area contributed by atoms with Crippen LogP contribution in [0.4, 0.5) is 0 Å². The fraction of sp³-hybridized carbons (Fsp3) is 0.571. The molecule has 2 rings (SSSR count). The Hall–Kier alpha value is -0.860. The van der Waals surface area contributed by atoms with E-state index in [1.807, 2.05) is 0 Å². The fourth-order valence-corrected chi connectivity index (χ4v) is 2.37. The Bertz CT molecular complexity index is 297. The predicted molar refractivity (Wildman–Crippen MR) is 66.4 cm³/mol. The van der Waals surface area contributed by atoms with E-state index in [1.54, 1.807) is 0 Å². The number of nitrogens with zero attached hydrogens (tertiary/aromatic N) is 1. The largest absolute Gasteiger partial charge is 0.377 e. The van der Waals surface area contributed by atoms with Crippen LogP contribution in [0.1, 0.15) is 25.3 Å². The lowest BCUT2D eigenvalue weighted by Gasteiger charge is -2.32. The minimum Gasteiger partial charge on any atom is -0.377 e. The highest BCUT2D eigenvalue weighted by atomic mass is 16.5. The van der Waals surface area contributed by atoms with E-state index in [9.17, 15) is 0 Å².